The first-order chi connectivity index (χ1) is 13.9. The molecule has 2 bridgehead atoms. The van der Waals surface area contributed by atoms with Crippen molar-refractivity contribution >= 4 is 6.03 Å². The molecule has 1 aliphatic carbocycles. The maximum absolute atomic E-state index is 14.2. The van der Waals surface area contributed by atoms with E-state index in [-0.39, 0.29) is 24.9 Å². The fraction of sp³-hybridized carbons (Fsp3) is 0.524. The highest BCUT2D eigenvalue weighted by molar-refractivity contribution is 5.80. The zero-order valence-electron chi connectivity index (χ0n) is 16.1. The number of halogens is 3. The summed E-state index contributed by atoms with van der Waals surface area (Å²) in [7, 11) is 0. The van der Waals surface area contributed by atoms with Crippen molar-refractivity contribution in [1.82, 2.24) is 19.6 Å². The van der Waals surface area contributed by atoms with Crippen LogP contribution < -0.4 is 0 Å². The number of alkyl halides is 2. The third kappa shape index (κ3) is 3.33. The van der Waals surface area contributed by atoms with Crippen LogP contribution in [-0.4, -0.2) is 63.8 Å². The van der Waals surface area contributed by atoms with E-state index in [0.717, 1.165) is 32.5 Å². The van der Waals surface area contributed by atoms with Crippen LogP contribution in [0.3, 0.4) is 0 Å². The van der Waals surface area contributed by atoms with Gasteiger partial charge in [0.05, 0.1) is 11.4 Å². The summed E-state index contributed by atoms with van der Waals surface area (Å²) in [4.78, 5) is 17.6. The molecule has 1 aromatic carbocycles. The van der Waals surface area contributed by atoms with Crippen LogP contribution in [0.2, 0.25) is 0 Å². The lowest BCUT2D eigenvalue weighted by atomic mass is 9.91. The highest BCUT2D eigenvalue weighted by Crippen LogP contribution is 2.38. The summed E-state index contributed by atoms with van der Waals surface area (Å²) in [6.07, 6.45) is 1.22. The van der Waals surface area contributed by atoms with Crippen LogP contribution in [-0.2, 0) is 12.8 Å². The van der Waals surface area contributed by atoms with Crippen molar-refractivity contribution in [2.24, 2.45) is 0 Å². The third-order valence-electron chi connectivity index (χ3n) is 6.45. The zero-order valence-corrected chi connectivity index (χ0v) is 16.1. The summed E-state index contributed by atoms with van der Waals surface area (Å²) in [6, 6.07) is 5.56. The average molecular weight is 404 g/mol. The van der Waals surface area contributed by atoms with Gasteiger partial charge in [-0.05, 0) is 43.5 Å². The molecule has 29 heavy (non-hydrogen) atoms. The van der Waals surface area contributed by atoms with Crippen molar-refractivity contribution in [2.75, 3.05) is 26.2 Å². The van der Waals surface area contributed by atoms with Crippen molar-refractivity contribution in [3.8, 4) is 11.3 Å². The van der Waals surface area contributed by atoms with Gasteiger partial charge in [0.2, 0.25) is 0 Å². The molecule has 3 saturated heterocycles. The molecule has 4 aliphatic rings. The fourth-order valence-electron chi connectivity index (χ4n) is 4.83. The Bertz CT molecular complexity index is 932. The van der Waals surface area contributed by atoms with Gasteiger partial charge in [0.1, 0.15) is 5.82 Å². The number of carbonyl (C=O) groups is 1. The minimum Gasteiger partial charge on any atom is -0.318 e. The van der Waals surface area contributed by atoms with Crippen LogP contribution >= 0.6 is 0 Å². The number of piperidine rings is 1. The molecule has 2 aromatic rings. The summed E-state index contributed by atoms with van der Waals surface area (Å²) < 4.78 is 43.1. The van der Waals surface area contributed by atoms with Gasteiger partial charge in [-0.25, -0.2) is 18.0 Å². The topological polar surface area (TPSA) is 41.4 Å². The van der Waals surface area contributed by atoms with Gasteiger partial charge in [0.15, 0.2) is 0 Å². The lowest BCUT2D eigenvalue weighted by Crippen LogP contribution is -2.44. The predicted molar refractivity (Wildman–Crippen MR) is 102 cm³/mol. The Morgan fingerprint density at radius 3 is 2.52 bits per heavy atom. The Morgan fingerprint density at radius 2 is 1.79 bits per heavy atom. The summed E-state index contributed by atoms with van der Waals surface area (Å²) in [5.41, 5.74) is 1.88. The summed E-state index contributed by atoms with van der Waals surface area (Å²) in [5.74, 6) is -3.23. The number of fused-ring (bicyclic) bond motifs is 5. The summed E-state index contributed by atoms with van der Waals surface area (Å²) in [6.45, 7) is 3.42. The first-order valence-corrected chi connectivity index (χ1v) is 10.2. The predicted octanol–water partition coefficient (Wildman–Crippen LogP) is 3.56. The molecular formula is C21H23F3N4O. The summed E-state index contributed by atoms with van der Waals surface area (Å²) in [5, 5.41) is 4.50. The molecule has 3 fully saturated rings. The maximum atomic E-state index is 14.2. The highest BCUT2D eigenvalue weighted by atomic mass is 19.3. The molecule has 0 N–H and O–H groups in total. The van der Waals surface area contributed by atoms with E-state index in [1.165, 1.54) is 28.9 Å². The molecule has 3 aliphatic heterocycles. The number of hydrogen-bond donors (Lipinski definition) is 0. The van der Waals surface area contributed by atoms with Gasteiger partial charge >= 0.3 is 6.03 Å². The monoisotopic (exact) mass is 404 g/mol. The van der Waals surface area contributed by atoms with E-state index in [2.05, 4.69) is 10.00 Å². The molecular weight excluding hydrogens is 381 g/mol. The molecule has 4 heterocycles. The zero-order chi connectivity index (χ0) is 20.2. The first-order valence-electron chi connectivity index (χ1n) is 10.2. The second kappa shape index (κ2) is 6.86. The fourth-order valence-corrected chi connectivity index (χ4v) is 4.83. The van der Waals surface area contributed by atoms with E-state index in [4.69, 9.17) is 0 Å². The van der Waals surface area contributed by atoms with Crippen molar-refractivity contribution in [1.29, 1.82) is 0 Å². The quantitative estimate of drug-likeness (QED) is 0.730. The molecule has 6 rings (SSSR count). The van der Waals surface area contributed by atoms with Crippen molar-refractivity contribution < 1.29 is 18.0 Å². The van der Waals surface area contributed by atoms with Gasteiger partial charge in [-0.1, -0.05) is 0 Å². The maximum Gasteiger partial charge on any atom is 0.345 e. The van der Waals surface area contributed by atoms with Gasteiger partial charge < -0.3 is 9.80 Å². The van der Waals surface area contributed by atoms with Crippen LogP contribution in [0.1, 0.15) is 30.5 Å². The molecule has 1 aromatic heterocycles. The largest absolute Gasteiger partial charge is 0.345 e. The molecule has 0 spiro atoms. The van der Waals surface area contributed by atoms with E-state index < -0.39 is 18.2 Å². The Labute approximate surface area is 167 Å². The number of amides is 1. The first kappa shape index (κ1) is 18.7. The molecule has 5 nitrogen and oxygen atoms in total. The van der Waals surface area contributed by atoms with Gasteiger partial charge in [0, 0.05) is 56.2 Å². The van der Waals surface area contributed by atoms with E-state index in [1.807, 2.05) is 4.90 Å². The molecule has 1 amide bonds. The second-order valence-corrected chi connectivity index (χ2v) is 8.27. The van der Waals surface area contributed by atoms with Crippen molar-refractivity contribution in [2.45, 2.75) is 44.1 Å². The van der Waals surface area contributed by atoms with E-state index >= 15 is 0 Å². The van der Waals surface area contributed by atoms with Crippen LogP contribution in [0.4, 0.5) is 18.0 Å². The van der Waals surface area contributed by atoms with E-state index in [0.29, 0.717) is 29.1 Å². The molecule has 154 valence electrons. The standard InChI is InChI=1S/C21H23F3N4O/c22-15-3-1-14(2-4-15)19-17-13-21(23,24)8-5-18(17)28(25-19)20(29)27-12-11-26-9-6-16(27)7-10-26/h1-4,16H,5-13H2. The lowest BCUT2D eigenvalue weighted by molar-refractivity contribution is -0.0126. The molecule has 0 atom stereocenters. The van der Waals surface area contributed by atoms with Crippen LogP contribution in [0.15, 0.2) is 24.3 Å². The second-order valence-electron chi connectivity index (χ2n) is 8.27. The molecule has 8 heteroatoms. The summed E-state index contributed by atoms with van der Waals surface area (Å²) >= 11 is 0. The Kier molecular flexibility index (Phi) is 4.42. The molecule has 0 radical (unpaired) electrons. The Hall–Kier alpha value is -2.35. The lowest BCUT2D eigenvalue weighted by Gasteiger charge is -2.31. The van der Waals surface area contributed by atoms with Crippen molar-refractivity contribution in [3.05, 3.63) is 41.3 Å². The Balaban J connectivity index is 1.56. The number of nitrogens with zero attached hydrogens (tertiary/aromatic N) is 4. The van der Waals surface area contributed by atoms with Crippen LogP contribution in [0.25, 0.3) is 11.3 Å². The number of carbonyl (C=O) groups excluding carboxylic acids is 1. The van der Waals surface area contributed by atoms with Gasteiger partial charge in [-0.15, -0.1) is 0 Å². The smallest absolute Gasteiger partial charge is 0.318 e. The normalized spacial score (nSPS) is 25.6. The minimum absolute atomic E-state index is 0.104. The SMILES string of the molecule is O=C(N1CCN2CCC1CC2)n1nc(-c2ccc(F)cc2)c2c1CCC(F)(F)C2. The average Bonchev–Trinajstić information content (AvgIpc) is 2.83. The number of hydrogen-bond acceptors (Lipinski definition) is 3. The number of aromatic nitrogens is 2. The van der Waals surface area contributed by atoms with Crippen LogP contribution in [0, 0.1) is 5.82 Å². The minimum atomic E-state index is -2.83. The van der Waals surface area contributed by atoms with Crippen molar-refractivity contribution in [3.63, 3.8) is 0 Å². The highest BCUT2D eigenvalue weighted by Gasteiger charge is 2.41. The molecule has 0 saturated carbocycles. The van der Waals surface area contributed by atoms with Crippen LogP contribution in [0.5, 0.6) is 0 Å². The van der Waals surface area contributed by atoms with Gasteiger partial charge in [-0.2, -0.15) is 9.78 Å². The number of benzene rings is 1. The number of rotatable bonds is 1. The Morgan fingerprint density at radius 1 is 1.07 bits per heavy atom. The molecule has 0 unspecified atom stereocenters. The van der Waals surface area contributed by atoms with Gasteiger partial charge in [-0.3, -0.25) is 0 Å². The third-order valence-corrected chi connectivity index (χ3v) is 6.45. The van der Waals surface area contributed by atoms with E-state index in [9.17, 15) is 18.0 Å². The van der Waals surface area contributed by atoms with Gasteiger partial charge in [0.25, 0.3) is 5.92 Å². The van der Waals surface area contributed by atoms with E-state index in [1.54, 1.807) is 0 Å².